The summed E-state index contributed by atoms with van der Waals surface area (Å²) in [6, 6.07) is 0. The zero-order chi connectivity index (χ0) is 9.14. The van der Waals surface area contributed by atoms with Crippen LogP contribution in [0.25, 0.3) is 0 Å². The monoisotopic (exact) mass is 189 g/mol. The van der Waals surface area contributed by atoms with Crippen LogP contribution >= 0.6 is 11.6 Å². The van der Waals surface area contributed by atoms with E-state index in [9.17, 15) is 9.59 Å². The number of carbonyl (C=O) groups excluding carboxylic acids is 2. The van der Waals surface area contributed by atoms with Crippen LogP contribution in [0, 0.1) is 0 Å². The van der Waals surface area contributed by atoms with E-state index in [1.165, 1.54) is 6.08 Å². The largest absolute Gasteiger partial charge is 0.463 e. The molecule has 1 atom stereocenters. The van der Waals surface area contributed by atoms with Crippen molar-refractivity contribution in [3.63, 3.8) is 0 Å². The lowest BCUT2D eigenvalue weighted by Gasteiger charge is -2.23. The van der Waals surface area contributed by atoms with Crippen molar-refractivity contribution in [3.05, 3.63) is 11.8 Å². The first kappa shape index (κ1) is 9.06. The molecule has 5 heteroatoms. The molecule has 1 heterocycles. The number of ether oxygens (including phenoxy) is 1. The van der Waals surface area contributed by atoms with E-state index in [0.717, 1.165) is 0 Å². The molecule has 12 heavy (non-hydrogen) atoms. The Hall–Kier alpha value is -1.03. The van der Waals surface area contributed by atoms with Gasteiger partial charge in [0.15, 0.2) is 5.38 Å². The third kappa shape index (κ3) is 1.76. The fraction of sp³-hybridized carbons (Fsp3) is 0.429. The highest BCUT2D eigenvalue weighted by molar-refractivity contribution is 6.36. The second kappa shape index (κ2) is 3.58. The van der Waals surface area contributed by atoms with Crippen molar-refractivity contribution in [2.45, 2.75) is 12.3 Å². The summed E-state index contributed by atoms with van der Waals surface area (Å²) in [6.07, 6.45) is 1.18. The topological polar surface area (TPSA) is 55.4 Å². The molecule has 0 bridgehead atoms. The maximum Gasteiger partial charge on any atom is 0.332 e. The number of amides is 1. The Morgan fingerprint density at radius 2 is 2.50 bits per heavy atom. The molecule has 0 radical (unpaired) electrons. The van der Waals surface area contributed by atoms with Crippen LogP contribution in [0.5, 0.6) is 0 Å². The number of β-lactam (4-membered cyclic amide) rings is 1. The Morgan fingerprint density at radius 1 is 1.83 bits per heavy atom. The molecule has 66 valence electrons. The first-order valence-electron chi connectivity index (χ1n) is 3.48. The van der Waals surface area contributed by atoms with Crippen molar-refractivity contribution in [1.29, 1.82) is 0 Å². The zero-order valence-corrected chi connectivity index (χ0v) is 7.22. The van der Waals surface area contributed by atoms with Gasteiger partial charge in [-0.1, -0.05) is 0 Å². The molecule has 0 spiro atoms. The van der Waals surface area contributed by atoms with Crippen molar-refractivity contribution in [2.75, 3.05) is 6.61 Å². The van der Waals surface area contributed by atoms with Crippen molar-refractivity contribution >= 4 is 23.5 Å². The van der Waals surface area contributed by atoms with Crippen molar-refractivity contribution in [3.8, 4) is 0 Å². The standard InChI is InChI=1S/C7H8ClNO3/c1-2-12-5(10)3-4-6(8)7(11)9-4/h3,6H,2H2,1H3,(H,9,11)/b4-3+. The minimum atomic E-state index is -0.714. The molecule has 0 aromatic carbocycles. The third-order valence-electron chi connectivity index (χ3n) is 1.33. The molecule has 1 saturated heterocycles. The average molecular weight is 190 g/mol. The van der Waals surface area contributed by atoms with Crippen molar-refractivity contribution < 1.29 is 14.3 Å². The fourth-order valence-corrected chi connectivity index (χ4v) is 0.925. The van der Waals surface area contributed by atoms with Gasteiger partial charge in [0.1, 0.15) is 0 Å². The Bertz CT molecular complexity index is 249. The maximum atomic E-state index is 10.8. The van der Waals surface area contributed by atoms with E-state index in [0.29, 0.717) is 12.3 Å². The molecule has 1 N–H and O–H groups in total. The Morgan fingerprint density at radius 3 is 2.92 bits per heavy atom. The lowest BCUT2D eigenvalue weighted by molar-refractivity contribution is -0.137. The Balaban J connectivity index is 2.48. The molecule has 1 aliphatic rings. The summed E-state index contributed by atoms with van der Waals surface area (Å²) in [5.74, 6) is -0.773. The minimum absolute atomic E-state index is 0.285. The van der Waals surface area contributed by atoms with Crippen LogP contribution in [0.3, 0.4) is 0 Å². The highest BCUT2D eigenvalue weighted by atomic mass is 35.5. The van der Waals surface area contributed by atoms with Crippen LogP contribution in [0.2, 0.25) is 0 Å². The molecule has 4 nitrogen and oxygen atoms in total. The number of nitrogens with one attached hydrogen (secondary N) is 1. The first-order chi connectivity index (χ1) is 5.65. The average Bonchev–Trinajstić information content (AvgIpc) is 2.04. The number of hydrogen-bond acceptors (Lipinski definition) is 3. The van der Waals surface area contributed by atoms with Crippen LogP contribution in [-0.2, 0) is 14.3 Å². The number of esters is 1. The number of hydrogen-bond donors (Lipinski definition) is 1. The summed E-state index contributed by atoms with van der Waals surface area (Å²) in [7, 11) is 0. The number of carbonyl (C=O) groups is 2. The van der Waals surface area contributed by atoms with Gasteiger partial charge in [-0.2, -0.15) is 0 Å². The molecule has 1 amide bonds. The van der Waals surface area contributed by atoms with E-state index in [1.54, 1.807) is 6.92 Å². The minimum Gasteiger partial charge on any atom is -0.463 e. The second-order valence-corrected chi connectivity index (χ2v) is 2.64. The quantitative estimate of drug-likeness (QED) is 0.292. The summed E-state index contributed by atoms with van der Waals surface area (Å²) in [5, 5.41) is 1.66. The predicted octanol–water partition coefficient (Wildman–Crippen LogP) is 0.171. The normalized spacial score (nSPS) is 24.7. The van der Waals surface area contributed by atoms with E-state index < -0.39 is 11.3 Å². The van der Waals surface area contributed by atoms with E-state index in [1.807, 2.05) is 0 Å². The van der Waals surface area contributed by atoms with Gasteiger partial charge in [0.2, 0.25) is 5.91 Å². The molecule has 1 rings (SSSR count). The molecular weight excluding hydrogens is 182 g/mol. The van der Waals surface area contributed by atoms with Crippen molar-refractivity contribution in [1.82, 2.24) is 5.32 Å². The molecule has 0 aromatic rings. The highest BCUT2D eigenvalue weighted by Crippen LogP contribution is 2.16. The SMILES string of the molecule is CCOC(=O)/C=C1/NC(=O)C1Cl. The van der Waals surface area contributed by atoms with Crippen LogP contribution in [0.15, 0.2) is 11.8 Å². The van der Waals surface area contributed by atoms with Crippen LogP contribution < -0.4 is 5.32 Å². The zero-order valence-electron chi connectivity index (χ0n) is 6.46. The van der Waals surface area contributed by atoms with Gasteiger partial charge in [-0.15, -0.1) is 11.6 Å². The molecule has 0 aromatic heterocycles. The molecule has 0 saturated carbocycles. The van der Waals surface area contributed by atoms with Gasteiger partial charge < -0.3 is 10.1 Å². The number of halogens is 1. The molecule has 1 unspecified atom stereocenters. The summed E-state index contributed by atoms with van der Waals surface area (Å²) < 4.78 is 4.61. The number of rotatable bonds is 2. The predicted molar refractivity (Wildman–Crippen MR) is 42.5 cm³/mol. The lowest BCUT2D eigenvalue weighted by Crippen LogP contribution is -2.47. The summed E-state index contributed by atoms with van der Waals surface area (Å²) in [6.45, 7) is 2.01. The summed E-state index contributed by atoms with van der Waals surface area (Å²) in [5.41, 5.74) is 0.403. The molecule has 1 fully saturated rings. The van der Waals surface area contributed by atoms with E-state index in [-0.39, 0.29) is 5.91 Å². The van der Waals surface area contributed by atoms with E-state index in [4.69, 9.17) is 11.6 Å². The van der Waals surface area contributed by atoms with Crippen molar-refractivity contribution in [2.24, 2.45) is 0 Å². The summed E-state index contributed by atoms with van der Waals surface area (Å²) >= 11 is 5.52. The molecular formula is C7H8ClNO3. The highest BCUT2D eigenvalue weighted by Gasteiger charge is 2.32. The van der Waals surface area contributed by atoms with Gasteiger partial charge in [-0.25, -0.2) is 4.79 Å². The van der Waals surface area contributed by atoms with Crippen LogP contribution in [0.4, 0.5) is 0 Å². The van der Waals surface area contributed by atoms with Gasteiger partial charge in [0, 0.05) is 6.08 Å². The van der Waals surface area contributed by atoms with Crippen LogP contribution in [0.1, 0.15) is 6.92 Å². The number of alkyl halides is 1. The first-order valence-corrected chi connectivity index (χ1v) is 3.92. The van der Waals surface area contributed by atoms with Gasteiger partial charge in [0.25, 0.3) is 0 Å². The maximum absolute atomic E-state index is 10.8. The third-order valence-corrected chi connectivity index (χ3v) is 1.76. The van der Waals surface area contributed by atoms with Gasteiger partial charge in [-0.3, -0.25) is 4.79 Å². The Kier molecular flexibility index (Phi) is 2.70. The lowest BCUT2D eigenvalue weighted by atomic mass is 10.1. The second-order valence-electron chi connectivity index (χ2n) is 2.20. The molecule has 1 aliphatic heterocycles. The smallest absolute Gasteiger partial charge is 0.332 e. The Labute approximate surface area is 74.5 Å². The fourth-order valence-electron chi connectivity index (χ4n) is 0.753. The van der Waals surface area contributed by atoms with Crippen LogP contribution in [-0.4, -0.2) is 23.9 Å². The summed E-state index contributed by atoms with van der Waals surface area (Å²) in [4.78, 5) is 21.3. The molecule has 0 aliphatic carbocycles. The van der Waals surface area contributed by atoms with Gasteiger partial charge in [0.05, 0.1) is 12.3 Å². The van der Waals surface area contributed by atoms with Gasteiger partial charge in [-0.05, 0) is 6.92 Å². The van der Waals surface area contributed by atoms with E-state index >= 15 is 0 Å². The van der Waals surface area contributed by atoms with Gasteiger partial charge >= 0.3 is 5.97 Å². The van der Waals surface area contributed by atoms with E-state index in [2.05, 4.69) is 10.1 Å².